The number of carboxylic acids is 1. The van der Waals surface area contributed by atoms with Gasteiger partial charge < -0.3 is 15.2 Å². The Balaban J connectivity index is 1.96. The highest BCUT2D eigenvalue weighted by molar-refractivity contribution is 5.93. The van der Waals surface area contributed by atoms with Gasteiger partial charge in [-0.3, -0.25) is 9.59 Å². The molecule has 0 unspecified atom stereocenters. The first-order chi connectivity index (χ1) is 9.10. The van der Waals surface area contributed by atoms with Crippen LogP contribution in [-0.4, -0.2) is 24.1 Å². The van der Waals surface area contributed by atoms with Crippen molar-refractivity contribution in [2.75, 3.05) is 12.4 Å². The molecule has 1 aliphatic carbocycles. The maximum Gasteiger partial charge on any atom is 0.306 e. The van der Waals surface area contributed by atoms with Crippen LogP contribution in [0.1, 0.15) is 19.3 Å². The van der Waals surface area contributed by atoms with Crippen molar-refractivity contribution in [1.82, 2.24) is 0 Å². The Hall–Kier alpha value is -2.04. The second-order valence-corrected chi connectivity index (χ2v) is 4.77. The van der Waals surface area contributed by atoms with Crippen LogP contribution in [0.15, 0.2) is 24.3 Å². The van der Waals surface area contributed by atoms with Gasteiger partial charge in [-0.2, -0.15) is 0 Å². The van der Waals surface area contributed by atoms with Gasteiger partial charge in [-0.15, -0.1) is 0 Å². The van der Waals surface area contributed by atoms with Crippen molar-refractivity contribution in [3.8, 4) is 5.75 Å². The molecule has 1 saturated carbocycles. The zero-order valence-corrected chi connectivity index (χ0v) is 10.8. The third kappa shape index (κ3) is 3.24. The molecule has 1 aromatic carbocycles. The van der Waals surface area contributed by atoms with Crippen LogP contribution in [0.5, 0.6) is 5.75 Å². The number of amides is 1. The Bertz CT molecular complexity index is 486. The number of ether oxygens (including phenoxy) is 1. The van der Waals surface area contributed by atoms with Crippen LogP contribution in [0.3, 0.4) is 0 Å². The van der Waals surface area contributed by atoms with Gasteiger partial charge in [0.25, 0.3) is 0 Å². The number of carboxylic acid groups (broad SMARTS) is 1. The van der Waals surface area contributed by atoms with Crippen LogP contribution in [0, 0.1) is 11.8 Å². The van der Waals surface area contributed by atoms with Crippen molar-refractivity contribution >= 4 is 17.6 Å². The largest absolute Gasteiger partial charge is 0.497 e. The summed E-state index contributed by atoms with van der Waals surface area (Å²) in [6.45, 7) is 0. The Labute approximate surface area is 111 Å². The second-order valence-electron chi connectivity index (χ2n) is 4.77. The average Bonchev–Trinajstić information content (AvgIpc) is 2.89. The fourth-order valence-electron chi connectivity index (χ4n) is 2.39. The van der Waals surface area contributed by atoms with Crippen molar-refractivity contribution in [3.05, 3.63) is 24.3 Å². The van der Waals surface area contributed by atoms with Crippen molar-refractivity contribution in [2.45, 2.75) is 19.3 Å². The van der Waals surface area contributed by atoms with Gasteiger partial charge in [0, 0.05) is 17.7 Å². The number of hydrogen-bond donors (Lipinski definition) is 2. The van der Waals surface area contributed by atoms with Crippen molar-refractivity contribution in [3.63, 3.8) is 0 Å². The van der Waals surface area contributed by atoms with Gasteiger partial charge in [0.15, 0.2) is 0 Å². The first-order valence-corrected chi connectivity index (χ1v) is 6.28. The SMILES string of the molecule is COc1cccc(NC(=O)[C@@H]2CC[C@H](C(=O)O)C2)c1. The zero-order valence-electron chi connectivity index (χ0n) is 10.8. The number of rotatable bonds is 4. The lowest BCUT2D eigenvalue weighted by molar-refractivity contribution is -0.141. The van der Waals surface area contributed by atoms with E-state index < -0.39 is 5.97 Å². The molecule has 2 rings (SSSR count). The summed E-state index contributed by atoms with van der Waals surface area (Å²) in [4.78, 5) is 22.9. The number of carbonyl (C=O) groups is 2. The molecular formula is C14H17NO4. The minimum absolute atomic E-state index is 0.114. The fraction of sp³-hybridized carbons (Fsp3) is 0.429. The molecular weight excluding hydrogens is 246 g/mol. The number of aliphatic carboxylic acids is 1. The molecule has 1 aromatic rings. The van der Waals surface area contributed by atoms with Crippen LogP contribution in [0.2, 0.25) is 0 Å². The topological polar surface area (TPSA) is 75.6 Å². The lowest BCUT2D eigenvalue weighted by atomic mass is 10.0. The van der Waals surface area contributed by atoms with Gasteiger partial charge in [-0.1, -0.05) is 6.07 Å². The van der Waals surface area contributed by atoms with E-state index in [0.29, 0.717) is 30.7 Å². The number of hydrogen-bond acceptors (Lipinski definition) is 3. The first-order valence-electron chi connectivity index (χ1n) is 6.28. The number of benzene rings is 1. The average molecular weight is 263 g/mol. The normalized spacial score (nSPS) is 21.9. The smallest absolute Gasteiger partial charge is 0.306 e. The van der Waals surface area contributed by atoms with E-state index in [1.54, 1.807) is 31.4 Å². The predicted octanol–water partition coefficient (Wildman–Crippen LogP) is 2.13. The summed E-state index contributed by atoms with van der Waals surface area (Å²) in [5.41, 5.74) is 0.670. The molecule has 1 aliphatic rings. The molecule has 0 heterocycles. The molecule has 19 heavy (non-hydrogen) atoms. The lowest BCUT2D eigenvalue weighted by Gasteiger charge is -2.11. The molecule has 102 valence electrons. The summed E-state index contributed by atoms with van der Waals surface area (Å²) in [6.07, 6.45) is 1.63. The van der Waals surface area contributed by atoms with Crippen molar-refractivity contribution in [1.29, 1.82) is 0 Å². The van der Waals surface area contributed by atoms with E-state index in [-0.39, 0.29) is 17.7 Å². The number of methoxy groups -OCH3 is 1. The van der Waals surface area contributed by atoms with Gasteiger partial charge in [-0.25, -0.2) is 0 Å². The van der Waals surface area contributed by atoms with Crippen LogP contribution >= 0.6 is 0 Å². The Morgan fingerprint density at radius 1 is 1.32 bits per heavy atom. The van der Waals surface area contributed by atoms with E-state index in [9.17, 15) is 9.59 Å². The first kappa shape index (κ1) is 13.4. The summed E-state index contributed by atoms with van der Waals surface area (Å²) in [5, 5.41) is 11.7. The van der Waals surface area contributed by atoms with Crippen molar-refractivity contribution in [2.24, 2.45) is 11.8 Å². The molecule has 5 nitrogen and oxygen atoms in total. The van der Waals surface area contributed by atoms with Gasteiger partial charge in [0.05, 0.1) is 13.0 Å². The molecule has 0 aliphatic heterocycles. The summed E-state index contributed by atoms with van der Waals surface area (Å²) >= 11 is 0. The molecule has 0 spiro atoms. The third-order valence-electron chi connectivity index (χ3n) is 3.49. The molecule has 0 aromatic heterocycles. The summed E-state index contributed by atoms with van der Waals surface area (Å²) in [5.74, 6) is -0.852. The summed E-state index contributed by atoms with van der Waals surface area (Å²) in [7, 11) is 1.56. The van der Waals surface area contributed by atoms with E-state index in [1.807, 2.05) is 0 Å². The zero-order chi connectivity index (χ0) is 13.8. The van der Waals surface area contributed by atoms with E-state index >= 15 is 0 Å². The van der Waals surface area contributed by atoms with Gasteiger partial charge >= 0.3 is 5.97 Å². The van der Waals surface area contributed by atoms with Gasteiger partial charge in [-0.05, 0) is 31.4 Å². The molecule has 1 fully saturated rings. The number of anilines is 1. The molecule has 5 heteroatoms. The van der Waals surface area contributed by atoms with Gasteiger partial charge in [0.2, 0.25) is 5.91 Å². The van der Waals surface area contributed by atoms with Crippen LogP contribution in [0.4, 0.5) is 5.69 Å². The lowest BCUT2D eigenvalue weighted by Crippen LogP contribution is -2.21. The van der Waals surface area contributed by atoms with E-state index in [4.69, 9.17) is 9.84 Å². The van der Waals surface area contributed by atoms with E-state index in [2.05, 4.69) is 5.32 Å². The van der Waals surface area contributed by atoms with Crippen LogP contribution < -0.4 is 10.1 Å². The second kappa shape index (κ2) is 5.73. The summed E-state index contributed by atoms with van der Waals surface area (Å²) in [6, 6.07) is 7.11. The highest BCUT2D eigenvalue weighted by Gasteiger charge is 2.33. The Morgan fingerprint density at radius 3 is 2.68 bits per heavy atom. The Kier molecular flexibility index (Phi) is 4.04. The third-order valence-corrected chi connectivity index (χ3v) is 3.49. The highest BCUT2D eigenvalue weighted by atomic mass is 16.5. The monoisotopic (exact) mass is 263 g/mol. The fourth-order valence-corrected chi connectivity index (χ4v) is 2.39. The van der Waals surface area contributed by atoms with Crippen LogP contribution in [-0.2, 0) is 9.59 Å². The summed E-state index contributed by atoms with van der Waals surface area (Å²) < 4.78 is 5.08. The molecule has 0 radical (unpaired) electrons. The number of nitrogens with one attached hydrogen (secondary N) is 1. The molecule has 0 bridgehead atoms. The molecule has 0 saturated heterocycles. The van der Waals surface area contributed by atoms with Crippen molar-refractivity contribution < 1.29 is 19.4 Å². The minimum atomic E-state index is -0.809. The predicted molar refractivity (Wildman–Crippen MR) is 70.1 cm³/mol. The standard InChI is InChI=1S/C14H17NO4/c1-19-12-4-2-3-11(8-12)15-13(16)9-5-6-10(7-9)14(17)18/h2-4,8-10H,5-7H2,1H3,(H,15,16)(H,17,18)/t9-,10+/m1/s1. The number of carbonyl (C=O) groups excluding carboxylic acids is 1. The molecule has 2 atom stereocenters. The minimum Gasteiger partial charge on any atom is -0.497 e. The maximum absolute atomic E-state index is 12.0. The van der Waals surface area contributed by atoms with Gasteiger partial charge in [0.1, 0.15) is 5.75 Å². The molecule has 1 amide bonds. The van der Waals surface area contributed by atoms with E-state index in [0.717, 1.165) is 0 Å². The maximum atomic E-state index is 12.0. The molecule has 2 N–H and O–H groups in total. The Morgan fingerprint density at radius 2 is 2.05 bits per heavy atom. The highest BCUT2D eigenvalue weighted by Crippen LogP contribution is 2.32. The quantitative estimate of drug-likeness (QED) is 0.872. The van der Waals surface area contributed by atoms with Crippen LogP contribution in [0.25, 0.3) is 0 Å². The van der Waals surface area contributed by atoms with E-state index in [1.165, 1.54) is 0 Å².